The molecule has 0 atom stereocenters. The Morgan fingerprint density at radius 2 is 1.86 bits per heavy atom. The van der Waals surface area contributed by atoms with E-state index in [0.29, 0.717) is 23.3 Å². The van der Waals surface area contributed by atoms with Crippen molar-refractivity contribution >= 4 is 48.0 Å². The summed E-state index contributed by atoms with van der Waals surface area (Å²) in [7, 11) is 1.63. The van der Waals surface area contributed by atoms with Crippen molar-refractivity contribution in [1.29, 1.82) is 0 Å². The van der Waals surface area contributed by atoms with Crippen molar-refractivity contribution in [3.63, 3.8) is 0 Å². The molecule has 0 aliphatic carbocycles. The minimum Gasteiger partial charge on any atom is -0.439 e. The fraction of sp³-hybridized carbons (Fsp3) is 0.368. The highest BCUT2D eigenvalue weighted by Gasteiger charge is 2.39. The number of aromatic nitrogens is 1. The van der Waals surface area contributed by atoms with Gasteiger partial charge in [-0.25, -0.2) is 4.98 Å². The van der Waals surface area contributed by atoms with E-state index in [-0.39, 0.29) is 30.7 Å². The van der Waals surface area contributed by atoms with E-state index >= 15 is 0 Å². The normalized spacial score (nSPS) is 14.9. The van der Waals surface area contributed by atoms with E-state index in [4.69, 9.17) is 21.1 Å². The van der Waals surface area contributed by atoms with Crippen LogP contribution in [0.15, 0.2) is 42.6 Å². The molecule has 1 aliphatic rings. The van der Waals surface area contributed by atoms with Crippen LogP contribution in [0, 0.1) is 5.41 Å². The third kappa shape index (κ3) is 6.22. The molecule has 1 amide bonds. The van der Waals surface area contributed by atoms with Gasteiger partial charge in [0.2, 0.25) is 11.8 Å². The second-order valence-corrected chi connectivity index (χ2v) is 6.79. The molecule has 154 valence electrons. The number of rotatable bonds is 6. The van der Waals surface area contributed by atoms with E-state index in [9.17, 15) is 4.79 Å². The number of ether oxygens (including phenoxy) is 2. The number of piperidine rings is 1. The number of nitrogens with one attached hydrogen (secondary N) is 2. The van der Waals surface area contributed by atoms with Gasteiger partial charge < -0.3 is 20.1 Å². The van der Waals surface area contributed by atoms with Gasteiger partial charge in [0.1, 0.15) is 5.75 Å². The van der Waals surface area contributed by atoms with Crippen LogP contribution in [-0.4, -0.2) is 37.7 Å². The molecule has 2 aromatic rings. The van der Waals surface area contributed by atoms with Crippen LogP contribution in [0.3, 0.4) is 0 Å². The van der Waals surface area contributed by atoms with Crippen molar-refractivity contribution < 1.29 is 14.3 Å². The predicted octanol–water partition coefficient (Wildman–Crippen LogP) is 4.33. The molecule has 9 heteroatoms. The van der Waals surface area contributed by atoms with Crippen molar-refractivity contribution in [2.24, 2.45) is 5.41 Å². The molecule has 2 N–H and O–H groups in total. The summed E-state index contributed by atoms with van der Waals surface area (Å²) in [4.78, 5) is 16.9. The fourth-order valence-corrected chi connectivity index (χ4v) is 3.14. The van der Waals surface area contributed by atoms with E-state index in [2.05, 4.69) is 15.6 Å². The molecule has 1 aromatic carbocycles. The molecule has 0 radical (unpaired) electrons. The highest BCUT2D eigenvalue weighted by molar-refractivity contribution is 6.30. The summed E-state index contributed by atoms with van der Waals surface area (Å²) in [6, 6.07) is 10.6. The zero-order valence-corrected chi connectivity index (χ0v) is 17.8. The number of hydrogen-bond acceptors (Lipinski definition) is 5. The van der Waals surface area contributed by atoms with Crippen LogP contribution < -0.4 is 15.4 Å². The number of methoxy groups -OCH3 is 1. The van der Waals surface area contributed by atoms with Gasteiger partial charge in [0.15, 0.2) is 0 Å². The van der Waals surface area contributed by atoms with E-state index < -0.39 is 5.41 Å². The van der Waals surface area contributed by atoms with Crippen molar-refractivity contribution in [1.82, 2.24) is 10.3 Å². The molecule has 0 saturated carbocycles. The Bertz CT molecular complexity index is 731. The summed E-state index contributed by atoms with van der Waals surface area (Å²) in [5, 5.41) is 6.84. The van der Waals surface area contributed by atoms with Gasteiger partial charge in [0, 0.05) is 25.1 Å². The zero-order chi connectivity index (χ0) is 18.4. The van der Waals surface area contributed by atoms with E-state index in [1.165, 1.54) is 6.20 Å². The first-order chi connectivity index (χ1) is 12.6. The van der Waals surface area contributed by atoms with Crippen molar-refractivity contribution in [2.45, 2.75) is 12.8 Å². The first-order valence-electron chi connectivity index (χ1n) is 8.52. The van der Waals surface area contributed by atoms with Crippen LogP contribution in [0.5, 0.6) is 11.6 Å². The lowest BCUT2D eigenvalue weighted by atomic mass is 9.78. The molecule has 0 unspecified atom stereocenters. The summed E-state index contributed by atoms with van der Waals surface area (Å²) < 4.78 is 11.0. The highest BCUT2D eigenvalue weighted by atomic mass is 35.5. The number of anilines is 1. The number of nitrogens with zero attached hydrogens (tertiary/aromatic N) is 1. The zero-order valence-electron chi connectivity index (χ0n) is 15.4. The summed E-state index contributed by atoms with van der Waals surface area (Å²) in [6.07, 6.45) is 3.05. The van der Waals surface area contributed by atoms with Gasteiger partial charge >= 0.3 is 0 Å². The summed E-state index contributed by atoms with van der Waals surface area (Å²) in [5.74, 6) is 1.08. The fourth-order valence-electron chi connectivity index (χ4n) is 3.03. The number of benzene rings is 1. The van der Waals surface area contributed by atoms with Gasteiger partial charge in [-0.1, -0.05) is 11.6 Å². The van der Waals surface area contributed by atoms with E-state index in [0.717, 1.165) is 31.6 Å². The number of hydrogen-bond donors (Lipinski definition) is 2. The number of carbonyl (C=O) groups is 1. The largest absolute Gasteiger partial charge is 0.439 e. The van der Waals surface area contributed by atoms with Crippen LogP contribution in [0.25, 0.3) is 0 Å². The molecule has 1 fully saturated rings. The van der Waals surface area contributed by atoms with Crippen molar-refractivity contribution in [3.8, 4) is 11.6 Å². The van der Waals surface area contributed by atoms with Crippen LogP contribution in [0.2, 0.25) is 5.02 Å². The molecule has 1 saturated heterocycles. The second-order valence-electron chi connectivity index (χ2n) is 6.36. The average molecular weight is 449 g/mol. The van der Waals surface area contributed by atoms with Crippen LogP contribution in [0.4, 0.5) is 5.69 Å². The molecule has 1 aromatic heterocycles. The molecule has 3 rings (SSSR count). The first-order valence-corrected chi connectivity index (χ1v) is 8.90. The SMILES string of the molecule is COCC1(C(=O)Nc2ccc(Oc3ccc(Cl)cn3)cc2)CCNCC1.Cl.Cl. The molecule has 28 heavy (non-hydrogen) atoms. The standard InChI is InChI=1S/C19H22ClN3O3.2ClH/c1-25-13-19(8-10-21-11-9-19)18(24)23-15-3-5-16(6-4-15)26-17-7-2-14(20)12-22-17;;/h2-7,12,21H,8-11,13H2,1H3,(H,23,24);2*1H. The Hall–Kier alpha value is -1.57. The van der Waals surface area contributed by atoms with Gasteiger partial charge in [-0.15, -0.1) is 24.8 Å². The minimum atomic E-state index is -0.484. The highest BCUT2D eigenvalue weighted by Crippen LogP contribution is 2.31. The third-order valence-corrected chi connectivity index (χ3v) is 4.72. The van der Waals surface area contributed by atoms with Crippen LogP contribution >= 0.6 is 36.4 Å². The minimum absolute atomic E-state index is 0. The number of halogens is 3. The quantitative estimate of drug-likeness (QED) is 0.688. The smallest absolute Gasteiger partial charge is 0.233 e. The van der Waals surface area contributed by atoms with Crippen LogP contribution in [0.1, 0.15) is 12.8 Å². The van der Waals surface area contributed by atoms with Gasteiger partial charge in [0.25, 0.3) is 0 Å². The van der Waals surface area contributed by atoms with Gasteiger partial charge in [-0.05, 0) is 56.3 Å². The predicted molar refractivity (Wildman–Crippen MR) is 115 cm³/mol. The number of amides is 1. The Balaban J connectivity index is 0.00000196. The Labute approximate surface area is 182 Å². The maximum absolute atomic E-state index is 12.8. The van der Waals surface area contributed by atoms with E-state index in [1.807, 2.05) is 12.1 Å². The molecular formula is C19H24Cl3N3O3. The second kappa shape index (κ2) is 11.4. The molecule has 6 nitrogen and oxygen atoms in total. The summed E-state index contributed by atoms with van der Waals surface area (Å²) in [5.41, 5.74) is 0.239. The van der Waals surface area contributed by atoms with Crippen molar-refractivity contribution in [2.75, 3.05) is 32.1 Å². The Kier molecular flexibility index (Phi) is 9.99. The van der Waals surface area contributed by atoms with Gasteiger partial charge in [-0.2, -0.15) is 0 Å². The third-order valence-electron chi connectivity index (χ3n) is 4.50. The monoisotopic (exact) mass is 447 g/mol. The van der Waals surface area contributed by atoms with Crippen molar-refractivity contribution in [3.05, 3.63) is 47.6 Å². The lowest BCUT2D eigenvalue weighted by Gasteiger charge is -2.35. The number of carbonyl (C=O) groups excluding carboxylic acids is 1. The molecule has 1 aliphatic heterocycles. The van der Waals surface area contributed by atoms with Gasteiger partial charge in [0.05, 0.1) is 17.0 Å². The maximum Gasteiger partial charge on any atom is 0.233 e. The molecule has 2 heterocycles. The van der Waals surface area contributed by atoms with E-state index in [1.54, 1.807) is 31.4 Å². The Morgan fingerprint density at radius 3 is 2.43 bits per heavy atom. The molecule has 0 bridgehead atoms. The van der Waals surface area contributed by atoms with Crippen LogP contribution in [-0.2, 0) is 9.53 Å². The average Bonchev–Trinajstić information content (AvgIpc) is 2.66. The number of pyridine rings is 1. The van der Waals surface area contributed by atoms with Gasteiger partial charge in [-0.3, -0.25) is 4.79 Å². The molecular weight excluding hydrogens is 425 g/mol. The summed E-state index contributed by atoms with van der Waals surface area (Å²) >= 11 is 5.81. The first kappa shape index (κ1) is 24.5. The Morgan fingerprint density at radius 1 is 1.18 bits per heavy atom. The molecule has 0 spiro atoms. The lowest BCUT2D eigenvalue weighted by molar-refractivity contribution is -0.130. The lowest BCUT2D eigenvalue weighted by Crippen LogP contribution is -2.47. The summed E-state index contributed by atoms with van der Waals surface area (Å²) in [6.45, 7) is 2.05. The topological polar surface area (TPSA) is 72.5 Å². The maximum atomic E-state index is 12.8.